The van der Waals surface area contributed by atoms with E-state index in [-0.39, 0.29) is 0 Å². The molecule has 0 aliphatic heterocycles. The van der Waals surface area contributed by atoms with Crippen molar-refractivity contribution in [2.45, 2.75) is 82.8 Å². The van der Waals surface area contributed by atoms with E-state index in [0.29, 0.717) is 18.6 Å². The van der Waals surface area contributed by atoms with Crippen LogP contribution in [0.4, 0.5) is 5.82 Å². The van der Waals surface area contributed by atoms with Crippen molar-refractivity contribution >= 4 is 5.82 Å². The highest BCUT2D eigenvalue weighted by Gasteiger charge is 2.30. The van der Waals surface area contributed by atoms with Gasteiger partial charge in [0.25, 0.3) is 0 Å². The predicted octanol–water partition coefficient (Wildman–Crippen LogP) is 4.01. The monoisotopic (exact) mass is 287 g/mol. The maximum Gasteiger partial charge on any atom is 0.133 e. The lowest BCUT2D eigenvalue weighted by Crippen LogP contribution is -2.46. The first-order chi connectivity index (χ1) is 10.4. The zero-order chi connectivity index (χ0) is 14.5. The van der Waals surface area contributed by atoms with Crippen molar-refractivity contribution in [1.82, 2.24) is 4.98 Å². The molecule has 0 bridgehead atoms. The molecule has 1 aromatic heterocycles. The molecule has 2 fully saturated rings. The van der Waals surface area contributed by atoms with Crippen molar-refractivity contribution in [1.29, 1.82) is 0 Å². The molecule has 0 spiro atoms. The molecule has 1 heterocycles. The van der Waals surface area contributed by atoms with Crippen molar-refractivity contribution in [2.75, 3.05) is 4.90 Å². The number of hydrogen-bond donors (Lipinski definition) is 1. The van der Waals surface area contributed by atoms with E-state index in [0.717, 1.165) is 0 Å². The van der Waals surface area contributed by atoms with Crippen molar-refractivity contribution in [2.24, 2.45) is 5.73 Å². The Balaban J connectivity index is 1.89. The molecule has 2 aliphatic carbocycles. The Labute approximate surface area is 128 Å². The van der Waals surface area contributed by atoms with E-state index < -0.39 is 0 Å². The third kappa shape index (κ3) is 3.39. The van der Waals surface area contributed by atoms with Crippen LogP contribution in [-0.2, 0) is 6.54 Å². The third-order valence-electron chi connectivity index (χ3n) is 5.27. The molecule has 116 valence electrons. The van der Waals surface area contributed by atoms with Crippen LogP contribution in [0.3, 0.4) is 0 Å². The molecule has 3 rings (SSSR count). The van der Waals surface area contributed by atoms with Gasteiger partial charge in [-0.2, -0.15) is 0 Å². The van der Waals surface area contributed by atoms with Crippen LogP contribution < -0.4 is 10.6 Å². The minimum absolute atomic E-state index is 0.596. The Bertz CT molecular complexity index is 416. The second-order valence-corrected chi connectivity index (χ2v) is 6.68. The van der Waals surface area contributed by atoms with Gasteiger partial charge in [0.05, 0.1) is 0 Å². The van der Waals surface area contributed by atoms with Gasteiger partial charge in [-0.05, 0) is 31.7 Å². The van der Waals surface area contributed by atoms with Crippen LogP contribution in [0.15, 0.2) is 18.3 Å². The summed E-state index contributed by atoms with van der Waals surface area (Å²) in [6.45, 7) is 0.596. The molecule has 1 aromatic rings. The zero-order valence-electron chi connectivity index (χ0n) is 13.1. The molecule has 0 atom stereocenters. The molecule has 0 amide bonds. The van der Waals surface area contributed by atoms with E-state index in [4.69, 9.17) is 10.7 Å². The normalized spacial score (nSPS) is 21.4. The second-order valence-electron chi connectivity index (χ2n) is 6.68. The summed E-state index contributed by atoms with van der Waals surface area (Å²) in [5, 5.41) is 0. The Morgan fingerprint density at radius 2 is 1.52 bits per heavy atom. The fourth-order valence-corrected chi connectivity index (χ4v) is 4.18. The van der Waals surface area contributed by atoms with E-state index >= 15 is 0 Å². The van der Waals surface area contributed by atoms with Gasteiger partial charge in [0.15, 0.2) is 0 Å². The van der Waals surface area contributed by atoms with Gasteiger partial charge in [-0.15, -0.1) is 0 Å². The van der Waals surface area contributed by atoms with Gasteiger partial charge in [-0.3, -0.25) is 0 Å². The van der Waals surface area contributed by atoms with Crippen molar-refractivity contribution in [3.63, 3.8) is 0 Å². The summed E-state index contributed by atoms with van der Waals surface area (Å²) >= 11 is 0. The first-order valence-electron chi connectivity index (χ1n) is 8.82. The van der Waals surface area contributed by atoms with Gasteiger partial charge >= 0.3 is 0 Å². The van der Waals surface area contributed by atoms with Gasteiger partial charge in [-0.1, -0.05) is 44.6 Å². The molecule has 0 saturated heterocycles. The van der Waals surface area contributed by atoms with E-state index in [9.17, 15) is 0 Å². The van der Waals surface area contributed by atoms with Crippen LogP contribution in [0, 0.1) is 0 Å². The molecule has 3 heteroatoms. The lowest BCUT2D eigenvalue weighted by molar-refractivity contribution is 0.337. The predicted molar refractivity (Wildman–Crippen MR) is 88.4 cm³/mol. The molecular formula is C18H29N3. The van der Waals surface area contributed by atoms with Gasteiger partial charge in [0, 0.05) is 30.4 Å². The number of pyridine rings is 1. The Hall–Kier alpha value is -1.09. The minimum Gasteiger partial charge on any atom is -0.350 e. The largest absolute Gasteiger partial charge is 0.350 e. The van der Waals surface area contributed by atoms with Crippen molar-refractivity contribution < 1.29 is 0 Å². The van der Waals surface area contributed by atoms with Crippen LogP contribution in [0.2, 0.25) is 0 Å². The third-order valence-corrected chi connectivity index (χ3v) is 5.27. The summed E-state index contributed by atoms with van der Waals surface area (Å²) in [4.78, 5) is 7.43. The molecule has 21 heavy (non-hydrogen) atoms. The molecule has 2 aliphatic rings. The van der Waals surface area contributed by atoms with Crippen LogP contribution in [0.5, 0.6) is 0 Å². The van der Waals surface area contributed by atoms with Crippen LogP contribution in [0.25, 0.3) is 0 Å². The molecule has 0 radical (unpaired) electrons. The van der Waals surface area contributed by atoms with E-state index in [1.807, 2.05) is 12.3 Å². The van der Waals surface area contributed by atoms with Crippen LogP contribution in [0.1, 0.15) is 69.8 Å². The van der Waals surface area contributed by atoms with Crippen LogP contribution >= 0.6 is 0 Å². The summed E-state index contributed by atoms with van der Waals surface area (Å²) in [7, 11) is 0. The maximum absolute atomic E-state index is 5.98. The van der Waals surface area contributed by atoms with Crippen LogP contribution in [-0.4, -0.2) is 17.1 Å². The highest BCUT2D eigenvalue weighted by molar-refractivity contribution is 5.49. The highest BCUT2D eigenvalue weighted by Crippen LogP contribution is 2.34. The Morgan fingerprint density at radius 3 is 2.05 bits per heavy atom. The first-order valence-corrected chi connectivity index (χ1v) is 8.82. The molecule has 0 aromatic carbocycles. The molecule has 0 unspecified atom stereocenters. The van der Waals surface area contributed by atoms with Gasteiger partial charge in [0.1, 0.15) is 5.82 Å². The number of anilines is 1. The standard InChI is InChI=1S/C18H29N3/c19-14-15-8-7-13-20-18(15)21(16-9-3-1-4-10-16)17-11-5-2-6-12-17/h7-8,13,16-17H,1-6,9-12,14,19H2. The van der Waals surface area contributed by atoms with E-state index in [1.54, 1.807) is 0 Å². The summed E-state index contributed by atoms with van der Waals surface area (Å²) in [6, 6.07) is 5.54. The van der Waals surface area contributed by atoms with Crippen molar-refractivity contribution in [3.8, 4) is 0 Å². The number of nitrogens with zero attached hydrogens (tertiary/aromatic N) is 2. The van der Waals surface area contributed by atoms with Gasteiger partial charge in [0.2, 0.25) is 0 Å². The second kappa shape index (κ2) is 7.26. The summed E-state index contributed by atoms with van der Waals surface area (Å²) < 4.78 is 0. The Kier molecular flexibility index (Phi) is 5.13. The zero-order valence-corrected chi connectivity index (χ0v) is 13.1. The van der Waals surface area contributed by atoms with Crippen molar-refractivity contribution in [3.05, 3.63) is 23.9 Å². The molecule has 2 N–H and O–H groups in total. The lowest BCUT2D eigenvalue weighted by Gasteiger charge is -2.43. The topological polar surface area (TPSA) is 42.1 Å². The maximum atomic E-state index is 5.98. The van der Waals surface area contributed by atoms with Gasteiger partial charge < -0.3 is 10.6 Å². The average molecular weight is 287 g/mol. The number of nitrogens with two attached hydrogens (primary N) is 1. The summed E-state index contributed by atoms with van der Waals surface area (Å²) in [5.41, 5.74) is 7.20. The summed E-state index contributed by atoms with van der Waals surface area (Å²) in [5.74, 6) is 1.18. The minimum atomic E-state index is 0.596. The summed E-state index contributed by atoms with van der Waals surface area (Å²) in [6.07, 6.45) is 15.6. The molecule has 2 saturated carbocycles. The number of aromatic nitrogens is 1. The average Bonchev–Trinajstić information content (AvgIpc) is 2.58. The smallest absolute Gasteiger partial charge is 0.133 e. The lowest BCUT2D eigenvalue weighted by atomic mass is 9.88. The SMILES string of the molecule is NCc1cccnc1N(C1CCCCC1)C1CCCCC1. The quantitative estimate of drug-likeness (QED) is 0.909. The fraction of sp³-hybridized carbons (Fsp3) is 0.722. The Morgan fingerprint density at radius 1 is 0.952 bits per heavy atom. The molecule has 3 nitrogen and oxygen atoms in total. The fourth-order valence-electron chi connectivity index (χ4n) is 4.18. The highest BCUT2D eigenvalue weighted by atomic mass is 15.2. The number of rotatable bonds is 4. The molecular weight excluding hydrogens is 258 g/mol. The van der Waals surface area contributed by atoms with E-state index in [2.05, 4.69) is 11.0 Å². The van der Waals surface area contributed by atoms with Gasteiger partial charge in [-0.25, -0.2) is 4.98 Å². The number of hydrogen-bond acceptors (Lipinski definition) is 3. The van der Waals surface area contributed by atoms with E-state index in [1.165, 1.54) is 75.6 Å². The first kappa shape index (κ1) is 14.8.